The van der Waals surface area contributed by atoms with Crippen molar-refractivity contribution in [1.29, 1.82) is 0 Å². The number of nitrogens with one attached hydrogen (secondary N) is 1. The van der Waals surface area contributed by atoms with E-state index in [1.807, 2.05) is 6.07 Å². The standard InChI is InChI=1S/C15H23BrN2O/c1-4-13-10-18(11(2)8-17-13)9-12-5-6-15(19-3)14(16)7-12/h5-7,11,13,17H,4,8-10H2,1-3H3. The minimum Gasteiger partial charge on any atom is -0.496 e. The van der Waals surface area contributed by atoms with Gasteiger partial charge in [0.15, 0.2) is 0 Å². The van der Waals surface area contributed by atoms with Crippen LogP contribution in [0, 0.1) is 0 Å². The Kier molecular flexibility index (Phi) is 5.25. The van der Waals surface area contributed by atoms with Gasteiger partial charge in [0.05, 0.1) is 11.6 Å². The lowest BCUT2D eigenvalue weighted by Crippen LogP contribution is -2.54. The third-order valence-corrected chi connectivity index (χ3v) is 4.49. The van der Waals surface area contributed by atoms with Crippen LogP contribution in [0.3, 0.4) is 0 Å². The Bertz CT molecular complexity index is 425. The number of ether oxygens (including phenoxy) is 1. The number of hydrogen-bond donors (Lipinski definition) is 1. The van der Waals surface area contributed by atoms with Gasteiger partial charge in [-0.25, -0.2) is 0 Å². The maximum absolute atomic E-state index is 5.28. The molecule has 0 spiro atoms. The van der Waals surface area contributed by atoms with E-state index in [2.05, 4.69) is 52.1 Å². The van der Waals surface area contributed by atoms with Crippen molar-refractivity contribution in [2.45, 2.75) is 38.9 Å². The van der Waals surface area contributed by atoms with Crippen LogP contribution in [-0.2, 0) is 6.54 Å². The molecule has 1 aromatic rings. The second-order valence-electron chi connectivity index (χ2n) is 5.26. The van der Waals surface area contributed by atoms with E-state index in [1.165, 1.54) is 12.0 Å². The third-order valence-electron chi connectivity index (χ3n) is 3.87. The van der Waals surface area contributed by atoms with Gasteiger partial charge in [-0.1, -0.05) is 13.0 Å². The highest BCUT2D eigenvalue weighted by atomic mass is 79.9. The fourth-order valence-electron chi connectivity index (χ4n) is 2.53. The van der Waals surface area contributed by atoms with Crippen LogP contribution < -0.4 is 10.1 Å². The van der Waals surface area contributed by atoms with Gasteiger partial charge in [0.1, 0.15) is 5.75 Å². The lowest BCUT2D eigenvalue weighted by molar-refractivity contribution is 0.131. The van der Waals surface area contributed by atoms with Crippen LogP contribution in [0.15, 0.2) is 22.7 Å². The molecule has 0 aromatic heterocycles. The normalized spacial score (nSPS) is 24.4. The topological polar surface area (TPSA) is 24.5 Å². The molecule has 2 rings (SSSR count). The van der Waals surface area contributed by atoms with E-state index in [9.17, 15) is 0 Å². The largest absolute Gasteiger partial charge is 0.496 e. The van der Waals surface area contributed by atoms with Gasteiger partial charge in [0.2, 0.25) is 0 Å². The van der Waals surface area contributed by atoms with Gasteiger partial charge in [0.25, 0.3) is 0 Å². The minimum atomic E-state index is 0.587. The number of hydrogen-bond acceptors (Lipinski definition) is 3. The van der Waals surface area contributed by atoms with Crippen molar-refractivity contribution in [1.82, 2.24) is 10.2 Å². The summed E-state index contributed by atoms with van der Waals surface area (Å²) in [7, 11) is 1.70. The average Bonchev–Trinajstić information content (AvgIpc) is 2.41. The lowest BCUT2D eigenvalue weighted by atomic mass is 10.1. The van der Waals surface area contributed by atoms with Crippen LogP contribution in [0.2, 0.25) is 0 Å². The van der Waals surface area contributed by atoms with Crippen molar-refractivity contribution in [2.75, 3.05) is 20.2 Å². The molecule has 0 aliphatic carbocycles. The Morgan fingerprint density at radius 3 is 2.89 bits per heavy atom. The van der Waals surface area contributed by atoms with Crippen molar-refractivity contribution in [3.8, 4) is 5.75 Å². The second kappa shape index (κ2) is 6.73. The summed E-state index contributed by atoms with van der Waals surface area (Å²) < 4.78 is 6.30. The molecule has 106 valence electrons. The molecule has 0 amide bonds. The molecule has 4 heteroatoms. The summed E-state index contributed by atoms with van der Waals surface area (Å²) in [6.45, 7) is 7.74. The molecule has 1 aliphatic rings. The van der Waals surface area contributed by atoms with Gasteiger partial charge in [-0.3, -0.25) is 4.90 Å². The first-order valence-corrected chi connectivity index (χ1v) is 7.73. The van der Waals surface area contributed by atoms with Crippen molar-refractivity contribution in [3.05, 3.63) is 28.2 Å². The highest BCUT2D eigenvalue weighted by Gasteiger charge is 2.23. The fraction of sp³-hybridized carbons (Fsp3) is 0.600. The number of piperazine rings is 1. The minimum absolute atomic E-state index is 0.587. The van der Waals surface area contributed by atoms with Gasteiger partial charge >= 0.3 is 0 Å². The number of methoxy groups -OCH3 is 1. The Hall–Kier alpha value is -0.580. The molecular weight excluding hydrogens is 304 g/mol. The molecule has 0 saturated carbocycles. The zero-order valence-electron chi connectivity index (χ0n) is 11.9. The van der Waals surface area contributed by atoms with Gasteiger partial charge in [-0.15, -0.1) is 0 Å². The highest BCUT2D eigenvalue weighted by molar-refractivity contribution is 9.10. The summed E-state index contributed by atoms with van der Waals surface area (Å²) >= 11 is 3.56. The molecule has 1 N–H and O–H groups in total. The first-order chi connectivity index (χ1) is 9.13. The number of halogens is 1. The van der Waals surface area contributed by atoms with E-state index in [0.717, 1.165) is 29.9 Å². The van der Waals surface area contributed by atoms with Crippen molar-refractivity contribution >= 4 is 15.9 Å². The molecule has 2 atom stereocenters. The molecular formula is C15H23BrN2O. The summed E-state index contributed by atoms with van der Waals surface area (Å²) in [5, 5.41) is 3.59. The monoisotopic (exact) mass is 326 g/mol. The highest BCUT2D eigenvalue weighted by Crippen LogP contribution is 2.26. The zero-order chi connectivity index (χ0) is 13.8. The van der Waals surface area contributed by atoms with Crippen LogP contribution in [-0.4, -0.2) is 37.2 Å². The SMILES string of the molecule is CCC1CN(Cc2ccc(OC)c(Br)c2)C(C)CN1. The van der Waals surface area contributed by atoms with Gasteiger partial charge in [-0.2, -0.15) is 0 Å². The van der Waals surface area contributed by atoms with Crippen LogP contribution in [0.4, 0.5) is 0 Å². The number of rotatable bonds is 4. The Labute approximate surface area is 124 Å². The average molecular weight is 327 g/mol. The van der Waals surface area contributed by atoms with Crippen molar-refractivity contribution < 1.29 is 4.74 Å². The summed E-state index contributed by atoms with van der Waals surface area (Å²) in [5.74, 6) is 0.892. The molecule has 0 bridgehead atoms. The van der Waals surface area contributed by atoms with Crippen molar-refractivity contribution in [2.24, 2.45) is 0 Å². The number of benzene rings is 1. The quantitative estimate of drug-likeness (QED) is 0.920. The maximum atomic E-state index is 5.28. The Balaban J connectivity index is 2.05. The molecule has 1 heterocycles. The van der Waals surface area contributed by atoms with Crippen LogP contribution >= 0.6 is 15.9 Å². The van der Waals surface area contributed by atoms with E-state index < -0.39 is 0 Å². The van der Waals surface area contributed by atoms with E-state index in [0.29, 0.717) is 12.1 Å². The molecule has 1 fully saturated rings. The molecule has 0 radical (unpaired) electrons. The predicted molar refractivity (Wildman–Crippen MR) is 82.6 cm³/mol. The molecule has 1 aromatic carbocycles. The molecule has 3 nitrogen and oxygen atoms in total. The molecule has 1 aliphatic heterocycles. The Morgan fingerprint density at radius 2 is 2.26 bits per heavy atom. The summed E-state index contributed by atoms with van der Waals surface area (Å²) in [5.41, 5.74) is 1.33. The van der Waals surface area contributed by atoms with E-state index in [1.54, 1.807) is 7.11 Å². The third kappa shape index (κ3) is 3.71. The van der Waals surface area contributed by atoms with Gasteiger partial charge in [0, 0.05) is 31.7 Å². The first-order valence-electron chi connectivity index (χ1n) is 6.94. The summed E-state index contributed by atoms with van der Waals surface area (Å²) in [6, 6.07) is 7.55. The summed E-state index contributed by atoms with van der Waals surface area (Å²) in [4.78, 5) is 2.55. The van der Waals surface area contributed by atoms with Crippen LogP contribution in [0.5, 0.6) is 5.75 Å². The van der Waals surface area contributed by atoms with E-state index in [-0.39, 0.29) is 0 Å². The first kappa shape index (κ1) is 14.8. The molecule has 2 unspecified atom stereocenters. The Morgan fingerprint density at radius 1 is 1.47 bits per heavy atom. The molecule has 1 saturated heterocycles. The lowest BCUT2D eigenvalue weighted by Gasteiger charge is -2.38. The van der Waals surface area contributed by atoms with Gasteiger partial charge < -0.3 is 10.1 Å². The molecule has 19 heavy (non-hydrogen) atoms. The second-order valence-corrected chi connectivity index (χ2v) is 6.12. The van der Waals surface area contributed by atoms with Crippen LogP contribution in [0.25, 0.3) is 0 Å². The predicted octanol–water partition coefficient (Wildman–Crippen LogP) is 3.03. The van der Waals surface area contributed by atoms with Crippen molar-refractivity contribution in [3.63, 3.8) is 0 Å². The smallest absolute Gasteiger partial charge is 0.133 e. The van der Waals surface area contributed by atoms with E-state index >= 15 is 0 Å². The van der Waals surface area contributed by atoms with Gasteiger partial charge in [-0.05, 0) is 47.0 Å². The number of nitrogens with zero attached hydrogens (tertiary/aromatic N) is 1. The maximum Gasteiger partial charge on any atom is 0.133 e. The zero-order valence-corrected chi connectivity index (χ0v) is 13.5. The fourth-order valence-corrected chi connectivity index (χ4v) is 3.12. The summed E-state index contributed by atoms with van der Waals surface area (Å²) in [6.07, 6.45) is 1.19. The van der Waals surface area contributed by atoms with Crippen LogP contribution in [0.1, 0.15) is 25.8 Å². The van der Waals surface area contributed by atoms with E-state index in [4.69, 9.17) is 4.74 Å².